The van der Waals surface area contributed by atoms with Crippen molar-refractivity contribution >= 4 is 10.8 Å². The Kier molecular flexibility index (Phi) is 5.28. The van der Waals surface area contributed by atoms with Gasteiger partial charge in [0.25, 0.3) is 5.56 Å². The van der Waals surface area contributed by atoms with Crippen LogP contribution >= 0.6 is 0 Å². The molecular weight excluding hydrogens is 298 g/mol. The van der Waals surface area contributed by atoms with E-state index in [0.29, 0.717) is 6.54 Å². The zero-order chi connectivity index (χ0) is 14.7. The average Bonchev–Trinajstić information content (AvgIpc) is 2.55. The minimum atomic E-state index is -0.0151. The fourth-order valence-electron chi connectivity index (χ4n) is 2.53. The number of nitrogens with zero attached hydrogens (tertiary/aromatic N) is 2. The standard InChI is InChI=1S/C17H17N3O.ClH/c1-2-16-14-8-3-4-9-15(14)17(21)20(19-16)12-10-13-7-5-6-11-18-13;/h3-9,11H,2,10,12H2,1H3;1H. The van der Waals surface area contributed by atoms with Crippen molar-refractivity contribution in [2.24, 2.45) is 0 Å². The second-order valence-electron chi connectivity index (χ2n) is 5.01. The highest BCUT2D eigenvalue weighted by atomic mass is 35.5. The fraction of sp³-hybridized carbons (Fsp3) is 0.235. The summed E-state index contributed by atoms with van der Waals surface area (Å²) in [6.07, 6.45) is 3.47. The zero-order valence-corrected chi connectivity index (χ0v) is 13.2. The lowest BCUT2D eigenvalue weighted by molar-refractivity contribution is -0.390. The quantitative estimate of drug-likeness (QED) is 0.621. The van der Waals surface area contributed by atoms with Gasteiger partial charge in [-0.2, -0.15) is 5.10 Å². The minimum absolute atomic E-state index is 0. The second-order valence-corrected chi connectivity index (χ2v) is 5.01. The lowest BCUT2D eigenvalue weighted by atomic mass is 10.1. The number of hydrogen-bond acceptors (Lipinski definition) is 2. The van der Waals surface area contributed by atoms with E-state index in [1.807, 2.05) is 48.7 Å². The zero-order valence-electron chi connectivity index (χ0n) is 12.4. The van der Waals surface area contributed by atoms with E-state index in [-0.39, 0.29) is 18.0 Å². The smallest absolute Gasteiger partial charge is 0.274 e. The Morgan fingerprint density at radius 1 is 1.09 bits per heavy atom. The van der Waals surface area contributed by atoms with Crippen molar-refractivity contribution < 1.29 is 17.4 Å². The molecule has 0 atom stereocenters. The van der Waals surface area contributed by atoms with Gasteiger partial charge in [0, 0.05) is 17.5 Å². The van der Waals surface area contributed by atoms with Crippen LogP contribution in [0.1, 0.15) is 18.3 Å². The summed E-state index contributed by atoms with van der Waals surface area (Å²) in [6.45, 7) is 2.64. The molecule has 1 aromatic carbocycles. The van der Waals surface area contributed by atoms with Crippen LogP contribution in [0.15, 0.2) is 53.5 Å². The van der Waals surface area contributed by atoms with Crippen LogP contribution in [-0.2, 0) is 19.4 Å². The molecule has 5 heteroatoms. The van der Waals surface area contributed by atoms with E-state index in [2.05, 4.69) is 17.0 Å². The summed E-state index contributed by atoms with van der Waals surface area (Å²) in [6, 6.07) is 13.7. The number of nitrogens with one attached hydrogen (secondary N) is 1. The fourth-order valence-corrected chi connectivity index (χ4v) is 2.53. The van der Waals surface area contributed by atoms with Gasteiger partial charge in [-0.05, 0) is 12.5 Å². The predicted molar refractivity (Wildman–Crippen MR) is 82.1 cm³/mol. The van der Waals surface area contributed by atoms with E-state index in [4.69, 9.17) is 0 Å². The van der Waals surface area contributed by atoms with Crippen molar-refractivity contribution in [3.8, 4) is 0 Å². The Labute approximate surface area is 135 Å². The third-order valence-electron chi connectivity index (χ3n) is 3.65. The van der Waals surface area contributed by atoms with E-state index in [1.54, 1.807) is 4.68 Å². The molecule has 22 heavy (non-hydrogen) atoms. The molecule has 3 rings (SSSR count). The number of fused-ring (bicyclic) bond motifs is 1. The summed E-state index contributed by atoms with van der Waals surface area (Å²) in [5, 5.41) is 6.24. The highest BCUT2D eigenvalue weighted by molar-refractivity contribution is 5.83. The second kappa shape index (κ2) is 7.18. The van der Waals surface area contributed by atoms with E-state index >= 15 is 0 Å². The van der Waals surface area contributed by atoms with E-state index in [1.165, 1.54) is 0 Å². The first kappa shape index (κ1) is 16.2. The average molecular weight is 316 g/mol. The Morgan fingerprint density at radius 3 is 2.50 bits per heavy atom. The summed E-state index contributed by atoms with van der Waals surface area (Å²) < 4.78 is 1.59. The lowest BCUT2D eigenvalue weighted by Crippen LogP contribution is -3.00. The van der Waals surface area contributed by atoms with Crippen LogP contribution in [-0.4, -0.2) is 9.78 Å². The molecule has 0 fully saturated rings. The summed E-state index contributed by atoms with van der Waals surface area (Å²) in [4.78, 5) is 15.7. The van der Waals surface area contributed by atoms with Crippen molar-refractivity contribution in [1.29, 1.82) is 0 Å². The maximum Gasteiger partial charge on any atom is 0.274 e. The van der Waals surface area contributed by atoms with Crippen molar-refractivity contribution in [3.05, 3.63) is 70.4 Å². The SMILES string of the molecule is CCc1nn(CCc2cccc[nH+]2)c(=O)c2ccccc12.[Cl-]. The van der Waals surface area contributed by atoms with Gasteiger partial charge in [0.1, 0.15) is 0 Å². The van der Waals surface area contributed by atoms with E-state index < -0.39 is 0 Å². The van der Waals surface area contributed by atoms with Gasteiger partial charge in [0.05, 0.1) is 24.0 Å². The van der Waals surface area contributed by atoms with Crippen molar-refractivity contribution in [2.75, 3.05) is 0 Å². The maximum absolute atomic E-state index is 12.5. The van der Waals surface area contributed by atoms with Gasteiger partial charge in [-0.15, -0.1) is 0 Å². The van der Waals surface area contributed by atoms with Crippen LogP contribution in [0.2, 0.25) is 0 Å². The maximum atomic E-state index is 12.5. The molecule has 0 aliphatic heterocycles. The first-order valence-corrected chi connectivity index (χ1v) is 7.24. The monoisotopic (exact) mass is 315 g/mol. The van der Waals surface area contributed by atoms with Crippen molar-refractivity contribution in [1.82, 2.24) is 9.78 Å². The molecule has 0 saturated carbocycles. The first-order chi connectivity index (χ1) is 10.3. The highest BCUT2D eigenvalue weighted by Crippen LogP contribution is 2.13. The molecule has 3 aromatic rings. The van der Waals surface area contributed by atoms with Crippen molar-refractivity contribution in [2.45, 2.75) is 26.3 Å². The van der Waals surface area contributed by atoms with Crippen LogP contribution in [0.25, 0.3) is 10.8 Å². The third-order valence-corrected chi connectivity index (χ3v) is 3.65. The normalized spacial score (nSPS) is 10.4. The molecule has 4 nitrogen and oxygen atoms in total. The van der Waals surface area contributed by atoms with Gasteiger partial charge < -0.3 is 12.4 Å². The minimum Gasteiger partial charge on any atom is -1.00 e. The summed E-state index contributed by atoms with van der Waals surface area (Å²) >= 11 is 0. The van der Waals surface area contributed by atoms with Gasteiger partial charge >= 0.3 is 0 Å². The van der Waals surface area contributed by atoms with Crippen LogP contribution in [0.4, 0.5) is 0 Å². The number of hydrogen-bond donors (Lipinski definition) is 0. The molecule has 0 bridgehead atoms. The largest absolute Gasteiger partial charge is 1.00 e. The molecule has 2 aromatic heterocycles. The van der Waals surface area contributed by atoms with E-state index in [0.717, 1.165) is 35.0 Å². The molecule has 0 aliphatic rings. The number of benzene rings is 1. The molecule has 1 N–H and O–H groups in total. The lowest BCUT2D eigenvalue weighted by Gasteiger charge is -2.09. The van der Waals surface area contributed by atoms with Crippen LogP contribution in [0.5, 0.6) is 0 Å². The predicted octanol–water partition coefficient (Wildman–Crippen LogP) is -0.980. The number of aryl methyl sites for hydroxylation is 3. The summed E-state index contributed by atoms with van der Waals surface area (Å²) in [5.74, 6) is 0. The van der Waals surface area contributed by atoms with Gasteiger partial charge in [0.2, 0.25) is 0 Å². The Morgan fingerprint density at radius 2 is 1.82 bits per heavy atom. The Bertz CT molecular complexity index is 815. The van der Waals surface area contributed by atoms with Gasteiger partial charge in [-0.25, -0.2) is 9.67 Å². The Balaban J connectivity index is 0.00000176. The van der Waals surface area contributed by atoms with Gasteiger partial charge in [-0.3, -0.25) is 4.79 Å². The van der Waals surface area contributed by atoms with Crippen LogP contribution in [0, 0.1) is 0 Å². The molecule has 0 saturated heterocycles. The topological polar surface area (TPSA) is 49.0 Å². The molecule has 0 spiro atoms. The number of rotatable bonds is 4. The van der Waals surface area contributed by atoms with Crippen LogP contribution in [0.3, 0.4) is 0 Å². The molecule has 0 unspecified atom stereocenters. The third kappa shape index (κ3) is 3.17. The molecular formula is C17H18ClN3O. The molecule has 0 aliphatic carbocycles. The number of halogens is 1. The summed E-state index contributed by atoms with van der Waals surface area (Å²) in [7, 11) is 0. The molecule has 2 heterocycles. The molecule has 0 radical (unpaired) electrons. The highest BCUT2D eigenvalue weighted by Gasteiger charge is 2.10. The molecule has 0 amide bonds. The van der Waals surface area contributed by atoms with Gasteiger partial charge in [-0.1, -0.05) is 31.2 Å². The summed E-state index contributed by atoms with van der Waals surface area (Å²) in [5.41, 5.74) is 2.05. The Hall–Kier alpha value is -2.20. The van der Waals surface area contributed by atoms with Crippen LogP contribution < -0.4 is 23.0 Å². The van der Waals surface area contributed by atoms with Crippen molar-refractivity contribution in [3.63, 3.8) is 0 Å². The number of aromatic nitrogens is 3. The van der Waals surface area contributed by atoms with Gasteiger partial charge in [0.15, 0.2) is 11.9 Å². The number of H-pyrrole nitrogens is 1. The first-order valence-electron chi connectivity index (χ1n) is 7.24. The number of aromatic amines is 1. The molecule has 114 valence electrons. The van der Waals surface area contributed by atoms with E-state index in [9.17, 15) is 4.79 Å². The number of pyridine rings is 1.